The quantitative estimate of drug-likeness (QED) is 0.818. The molecule has 72 valence electrons. The molecule has 0 saturated heterocycles. The number of nitrogens with zero attached hydrogens (tertiary/aromatic N) is 1. The molecular weight excluding hydrogens is 225 g/mol. The number of hydrogen-bond donors (Lipinski definition) is 1. The maximum absolute atomic E-state index is 10.7. The van der Waals surface area contributed by atoms with Gasteiger partial charge in [-0.15, -0.1) is 0 Å². The van der Waals surface area contributed by atoms with Crippen LogP contribution in [0.2, 0.25) is 10.0 Å². The molecule has 0 aliphatic heterocycles. The number of aromatic carboxylic acids is 1. The zero-order valence-electron chi connectivity index (χ0n) is 6.87. The molecule has 0 amide bonds. The van der Waals surface area contributed by atoms with Crippen molar-refractivity contribution in [2.24, 2.45) is 0 Å². The third-order valence-electron chi connectivity index (χ3n) is 1.87. The third kappa shape index (κ3) is 1.45. The zero-order valence-corrected chi connectivity index (χ0v) is 8.38. The van der Waals surface area contributed by atoms with Crippen LogP contribution < -0.4 is 0 Å². The molecular formula is C9H5Cl2NO2. The Morgan fingerprint density at radius 1 is 1.29 bits per heavy atom. The molecule has 5 heteroatoms. The Hall–Kier alpha value is -1.19. The van der Waals surface area contributed by atoms with Crippen molar-refractivity contribution in [2.45, 2.75) is 0 Å². The lowest BCUT2D eigenvalue weighted by molar-refractivity contribution is 0.0697. The van der Waals surface area contributed by atoms with Crippen LogP contribution in [0, 0.1) is 0 Å². The molecule has 2 aromatic rings. The number of rotatable bonds is 1. The third-order valence-corrected chi connectivity index (χ3v) is 2.38. The Bertz CT molecular complexity index is 519. The second-order valence-corrected chi connectivity index (χ2v) is 3.68. The minimum atomic E-state index is -0.985. The molecule has 0 bridgehead atoms. The van der Waals surface area contributed by atoms with E-state index in [9.17, 15) is 4.79 Å². The highest BCUT2D eigenvalue weighted by Gasteiger charge is 2.09. The maximum Gasteiger partial charge on any atom is 0.337 e. The van der Waals surface area contributed by atoms with E-state index in [4.69, 9.17) is 28.3 Å². The van der Waals surface area contributed by atoms with Gasteiger partial charge in [-0.3, -0.25) is 0 Å². The Labute approximate surface area is 89.5 Å². The highest BCUT2D eigenvalue weighted by Crippen LogP contribution is 2.23. The average Bonchev–Trinajstić information content (AvgIpc) is 2.47. The van der Waals surface area contributed by atoms with Crippen molar-refractivity contribution in [3.63, 3.8) is 0 Å². The standard InChI is InChI=1S/C9H5Cl2NO2/c10-6-2-7(11)8-1-5(9(13)14)3-12(8)4-6/h1-4H,(H,13,14). The molecule has 0 spiro atoms. The lowest BCUT2D eigenvalue weighted by Crippen LogP contribution is -1.91. The van der Waals surface area contributed by atoms with Gasteiger partial charge in [-0.2, -0.15) is 0 Å². The average molecular weight is 230 g/mol. The zero-order chi connectivity index (χ0) is 10.3. The fourth-order valence-corrected chi connectivity index (χ4v) is 1.80. The Kier molecular flexibility index (Phi) is 2.13. The van der Waals surface area contributed by atoms with E-state index < -0.39 is 5.97 Å². The Morgan fingerprint density at radius 3 is 2.64 bits per heavy atom. The Morgan fingerprint density at radius 2 is 2.00 bits per heavy atom. The normalized spacial score (nSPS) is 10.7. The van der Waals surface area contributed by atoms with E-state index in [2.05, 4.69) is 0 Å². The van der Waals surface area contributed by atoms with Gasteiger partial charge in [0.15, 0.2) is 0 Å². The van der Waals surface area contributed by atoms with Gasteiger partial charge in [-0.05, 0) is 12.1 Å². The largest absolute Gasteiger partial charge is 0.478 e. The maximum atomic E-state index is 10.7. The van der Waals surface area contributed by atoms with Crippen molar-refractivity contribution in [2.75, 3.05) is 0 Å². The first-order chi connectivity index (χ1) is 6.58. The summed E-state index contributed by atoms with van der Waals surface area (Å²) in [4.78, 5) is 10.7. The predicted molar refractivity (Wildman–Crippen MR) is 54.4 cm³/mol. The van der Waals surface area contributed by atoms with E-state index in [1.807, 2.05) is 0 Å². The minimum absolute atomic E-state index is 0.189. The molecule has 2 rings (SSSR count). The number of fused-ring (bicyclic) bond motifs is 1. The molecule has 0 radical (unpaired) electrons. The smallest absolute Gasteiger partial charge is 0.337 e. The number of aromatic nitrogens is 1. The summed E-state index contributed by atoms with van der Waals surface area (Å²) in [5.41, 5.74) is 0.822. The lowest BCUT2D eigenvalue weighted by atomic mass is 10.3. The SMILES string of the molecule is O=C(O)c1cc2c(Cl)cc(Cl)cn2c1. The fraction of sp³-hybridized carbons (Fsp3) is 0. The molecule has 14 heavy (non-hydrogen) atoms. The Balaban J connectivity index is 2.76. The summed E-state index contributed by atoms with van der Waals surface area (Å²) in [5.74, 6) is -0.985. The van der Waals surface area contributed by atoms with Gasteiger partial charge < -0.3 is 9.51 Å². The summed E-state index contributed by atoms with van der Waals surface area (Å²) >= 11 is 11.6. The van der Waals surface area contributed by atoms with Gasteiger partial charge in [0.25, 0.3) is 0 Å². The van der Waals surface area contributed by atoms with Gasteiger partial charge in [0.05, 0.1) is 21.1 Å². The number of pyridine rings is 1. The van der Waals surface area contributed by atoms with Crippen molar-refractivity contribution < 1.29 is 9.90 Å². The number of carbonyl (C=O) groups is 1. The van der Waals surface area contributed by atoms with E-state index in [1.54, 1.807) is 16.7 Å². The number of carboxylic acid groups (broad SMARTS) is 1. The molecule has 2 aromatic heterocycles. The molecule has 3 nitrogen and oxygen atoms in total. The van der Waals surface area contributed by atoms with E-state index in [0.717, 1.165) is 0 Å². The van der Waals surface area contributed by atoms with Crippen LogP contribution in [0.5, 0.6) is 0 Å². The number of hydrogen-bond acceptors (Lipinski definition) is 1. The summed E-state index contributed by atoms with van der Waals surface area (Å²) in [6.45, 7) is 0. The number of halogens is 2. The molecule has 0 aliphatic rings. The van der Waals surface area contributed by atoms with E-state index in [0.29, 0.717) is 15.6 Å². The van der Waals surface area contributed by atoms with Crippen LogP contribution in [0.4, 0.5) is 0 Å². The van der Waals surface area contributed by atoms with Crippen molar-refractivity contribution >= 4 is 34.7 Å². The van der Waals surface area contributed by atoms with Gasteiger partial charge in [-0.1, -0.05) is 23.2 Å². The summed E-state index contributed by atoms with van der Waals surface area (Å²) in [7, 11) is 0. The van der Waals surface area contributed by atoms with E-state index in [-0.39, 0.29) is 5.56 Å². The van der Waals surface area contributed by atoms with E-state index in [1.165, 1.54) is 12.3 Å². The van der Waals surface area contributed by atoms with Crippen molar-refractivity contribution in [1.29, 1.82) is 0 Å². The van der Waals surface area contributed by atoms with Crippen LogP contribution >= 0.6 is 23.2 Å². The summed E-state index contributed by atoms with van der Waals surface area (Å²) in [5, 5.41) is 9.66. The molecule has 0 aliphatic carbocycles. The highest BCUT2D eigenvalue weighted by molar-refractivity contribution is 6.36. The fourth-order valence-electron chi connectivity index (χ4n) is 1.26. The van der Waals surface area contributed by atoms with Crippen molar-refractivity contribution in [3.05, 3.63) is 40.1 Å². The van der Waals surface area contributed by atoms with Crippen LogP contribution in [0.15, 0.2) is 24.5 Å². The first-order valence-corrected chi connectivity index (χ1v) is 4.53. The first kappa shape index (κ1) is 9.37. The van der Waals surface area contributed by atoms with Gasteiger partial charge in [0.1, 0.15) is 0 Å². The van der Waals surface area contributed by atoms with Gasteiger partial charge in [0.2, 0.25) is 0 Å². The summed E-state index contributed by atoms with van der Waals surface area (Å²) in [6.07, 6.45) is 3.07. The number of carboxylic acids is 1. The van der Waals surface area contributed by atoms with Crippen LogP contribution in [0.1, 0.15) is 10.4 Å². The van der Waals surface area contributed by atoms with Gasteiger partial charge in [0, 0.05) is 12.4 Å². The second-order valence-electron chi connectivity index (χ2n) is 2.83. The summed E-state index contributed by atoms with van der Waals surface area (Å²) in [6, 6.07) is 3.07. The van der Waals surface area contributed by atoms with Crippen LogP contribution in [0.3, 0.4) is 0 Å². The predicted octanol–water partition coefficient (Wildman–Crippen LogP) is 2.94. The molecule has 0 saturated carbocycles. The topological polar surface area (TPSA) is 41.7 Å². The molecule has 0 aromatic carbocycles. The summed E-state index contributed by atoms with van der Waals surface area (Å²) < 4.78 is 1.59. The van der Waals surface area contributed by atoms with Gasteiger partial charge in [-0.25, -0.2) is 4.79 Å². The molecule has 2 heterocycles. The highest BCUT2D eigenvalue weighted by atomic mass is 35.5. The minimum Gasteiger partial charge on any atom is -0.478 e. The molecule has 0 atom stereocenters. The van der Waals surface area contributed by atoms with E-state index >= 15 is 0 Å². The van der Waals surface area contributed by atoms with Crippen molar-refractivity contribution in [3.8, 4) is 0 Å². The van der Waals surface area contributed by atoms with Crippen LogP contribution in [0.25, 0.3) is 5.52 Å². The van der Waals surface area contributed by atoms with Gasteiger partial charge >= 0.3 is 5.97 Å². The first-order valence-electron chi connectivity index (χ1n) is 3.78. The molecule has 0 fully saturated rings. The second kappa shape index (κ2) is 3.19. The molecule has 0 unspecified atom stereocenters. The lowest BCUT2D eigenvalue weighted by Gasteiger charge is -1.97. The van der Waals surface area contributed by atoms with Crippen LogP contribution in [-0.4, -0.2) is 15.5 Å². The monoisotopic (exact) mass is 229 g/mol. The molecule has 1 N–H and O–H groups in total. The van der Waals surface area contributed by atoms with Crippen molar-refractivity contribution in [1.82, 2.24) is 4.40 Å². The van der Waals surface area contributed by atoms with Crippen LogP contribution in [-0.2, 0) is 0 Å².